The average Bonchev–Trinajstić information content (AvgIpc) is 2.41. The molecule has 5 heteroatoms. The molecule has 5 nitrogen and oxygen atoms in total. The van der Waals surface area contributed by atoms with Crippen LogP contribution in [0.2, 0.25) is 0 Å². The number of nitrogens with zero attached hydrogens (tertiary/aromatic N) is 1. The van der Waals surface area contributed by atoms with Gasteiger partial charge in [0.15, 0.2) is 0 Å². The third-order valence-electron chi connectivity index (χ3n) is 3.11. The molecule has 1 atom stereocenters. The van der Waals surface area contributed by atoms with E-state index in [1.165, 1.54) is 0 Å². The van der Waals surface area contributed by atoms with E-state index in [1.54, 1.807) is 26.3 Å². The second kappa shape index (κ2) is 6.99. The maximum atomic E-state index is 11.7. The largest absolute Gasteiger partial charge is 0.397 e. The van der Waals surface area contributed by atoms with E-state index in [-0.39, 0.29) is 11.9 Å². The van der Waals surface area contributed by atoms with Crippen LogP contribution < -0.4 is 16.0 Å². The van der Waals surface area contributed by atoms with Gasteiger partial charge in [-0.1, -0.05) is 0 Å². The molecule has 0 bridgehead atoms. The van der Waals surface area contributed by atoms with Gasteiger partial charge in [-0.2, -0.15) is 0 Å². The Morgan fingerprint density at radius 2 is 2.21 bits per heavy atom. The Kier molecular flexibility index (Phi) is 5.63. The monoisotopic (exact) mass is 265 g/mol. The molecule has 0 aliphatic rings. The van der Waals surface area contributed by atoms with Crippen LogP contribution in [0.25, 0.3) is 0 Å². The second-order valence-electron chi connectivity index (χ2n) is 4.44. The third kappa shape index (κ3) is 3.61. The van der Waals surface area contributed by atoms with Crippen LogP contribution in [-0.2, 0) is 4.74 Å². The summed E-state index contributed by atoms with van der Waals surface area (Å²) >= 11 is 0. The number of ether oxygens (including phenoxy) is 1. The Morgan fingerprint density at radius 1 is 1.53 bits per heavy atom. The normalized spacial score (nSPS) is 12.0. The number of nitrogens with one attached hydrogen (secondary N) is 1. The van der Waals surface area contributed by atoms with Crippen molar-refractivity contribution in [2.24, 2.45) is 0 Å². The van der Waals surface area contributed by atoms with Crippen molar-refractivity contribution in [1.82, 2.24) is 5.32 Å². The number of carbonyl (C=O) groups is 1. The van der Waals surface area contributed by atoms with Gasteiger partial charge in [0.25, 0.3) is 5.91 Å². The minimum absolute atomic E-state index is 0.114. The van der Waals surface area contributed by atoms with Crippen LogP contribution >= 0.6 is 0 Å². The van der Waals surface area contributed by atoms with E-state index in [1.807, 2.05) is 6.07 Å². The quantitative estimate of drug-likeness (QED) is 0.765. The Morgan fingerprint density at radius 3 is 2.74 bits per heavy atom. The standard InChI is InChI=1S/C14H23N3O2/c1-5-17(10(2)9-19-4)13-8-11(14(18)16-3)6-7-12(13)15/h6-8,10H,5,9,15H2,1-4H3,(H,16,18). The van der Waals surface area contributed by atoms with Gasteiger partial charge in [-0.3, -0.25) is 4.79 Å². The lowest BCUT2D eigenvalue weighted by Crippen LogP contribution is -2.36. The maximum Gasteiger partial charge on any atom is 0.251 e. The van der Waals surface area contributed by atoms with Crippen LogP contribution in [0.3, 0.4) is 0 Å². The molecule has 0 aliphatic heterocycles. The van der Waals surface area contributed by atoms with Crippen LogP contribution in [0.15, 0.2) is 18.2 Å². The fraction of sp³-hybridized carbons (Fsp3) is 0.500. The van der Waals surface area contributed by atoms with Gasteiger partial charge in [-0.05, 0) is 32.0 Å². The molecule has 1 aromatic carbocycles. The van der Waals surface area contributed by atoms with Crippen molar-refractivity contribution in [2.75, 3.05) is 37.9 Å². The molecule has 3 N–H and O–H groups in total. The van der Waals surface area contributed by atoms with Gasteiger partial charge in [0.1, 0.15) is 0 Å². The number of hydrogen-bond donors (Lipinski definition) is 2. The zero-order chi connectivity index (χ0) is 14.4. The van der Waals surface area contributed by atoms with Gasteiger partial charge >= 0.3 is 0 Å². The minimum atomic E-state index is -0.114. The van der Waals surface area contributed by atoms with Gasteiger partial charge in [0, 0.05) is 32.3 Å². The Hall–Kier alpha value is -1.75. The third-order valence-corrected chi connectivity index (χ3v) is 3.11. The topological polar surface area (TPSA) is 67.6 Å². The molecule has 0 saturated heterocycles. The number of carbonyl (C=O) groups excluding carboxylic acids is 1. The lowest BCUT2D eigenvalue weighted by molar-refractivity contribution is 0.0963. The highest BCUT2D eigenvalue weighted by Crippen LogP contribution is 2.26. The molecular formula is C14H23N3O2. The number of nitrogen functional groups attached to an aromatic ring is 1. The first-order chi connectivity index (χ1) is 9.04. The van der Waals surface area contributed by atoms with Crippen LogP contribution in [0.5, 0.6) is 0 Å². The van der Waals surface area contributed by atoms with E-state index in [2.05, 4.69) is 24.1 Å². The molecule has 0 heterocycles. The SMILES string of the molecule is CCN(c1cc(C(=O)NC)ccc1N)C(C)COC. The molecule has 0 fully saturated rings. The highest BCUT2D eigenvalue weighted by molar-refractivity contribution is 5.96. The summed E-state index contributed by atoms with van der Waals surface area (Å²) in [5.74, 6) is -0.114. The molecule has 0 aromatic heterocycles. The Bertz CT molecular complexity index is 435. The van der Waals surface area contributed by atoms with Gasteiger partial charge in [-0.15, -0.1) is 0 Å². The predicted molar refractivity (Wildman–Crippen MR) is 78.6 cm³/mol. The van der Waals surface area contributed by atoms with Crippen molar-refractivity contribution in [3.05, 3.63) is 23.8 Å². The van der Waals surface area contributed by atoms with Crippen LogP contribution in [0.1, 0.15) is 24.2 Å². The van der Waals surface area contributed by atoms with E-state index in [0.717, 1.165) is 12.2 Å². The molecule has 1 amide bonds. The van der Waals surface area contributed by atoms with Crippen molar-refractivity contribution < 1.29 is 9.53 Å². The fourth-order valence-corrected chi connectivity index (χ4v) is 2.13. The highest BCUT2D eigenvalue weighted by Gasteiger charge is 2.17. The second-order valence-corrected chi connectivity index (χ2v) is 4.44. The molecule has 1 aromatic rings. The zero-order valence-electron chi connectivity index (χ0n) is 12.1. The van der Waals surface area contributed by atoms with Crippen LogP contribution in [-0.4, -0.2) is 39.3 Å². The Labute approximate surface area is 114 Å². The van der Waals surface area contributed by atoms with E-state index in [9.17, 15) is 4.79 Å². The van der Waals surface area contributed by atoms with E-state index in [4.69, 9.17) is 10.5 Å². The summed E-state index contributed by atoms with van der Waals surface area (Å²) in [5, 5.41) is 2.62. The maximum absolute atomic E-state index is 11.7. The Balaban J connectivity index is 3.11. The van der Waals surface area contributed by atoms with Crippen LogP contribution in [0, 0.1) is 0 Å². The molecule has 0 aliphatic carbocycles. The van der Waals surface area contributed by atoms with Crippen molar-refractivity contribution >= 4 is 17.3 Å². The molecule has 0 saturated carbocycles. The van der Waals surface area contributed by atoms with Gasteiger partial charge < -0.3 is 20.7 Å². The van der Waals surface area contributed by atoms with E-state index < -0.39 is 0 Å². The van der Waals surface area contributed by atoms with E-state index in [0.29, 0.717) is 17.9 Å². The molecule has 0 spiro atoms. The average molecular weight is 265 g/mol. The summed E-state index contributed by atoms with van der Waals surface area (Å²) in [7, 11) is 3.29. The summed E-state index contributed by atoms with van der Waals surface area (Å²) in [5.41, 5.74) is 8.17. The number of anilines is 2. The van der Waals surface area contributed by atoms with Gasteiger partial charge in [-0.25, -0.2) is 0 Å². The number of rotatable bonds is 6. The summed E-state index contributed by atoms with van der Waals surface area (Å²) in [6, 6.07) is 5.51. The minimum Gasteiger partial charge on any atom is -0.397 e. The number of likely N-dealkylation sites (N-methyl/N-ethyl adjacent to an activating group) is 1. The summed E-state index contributed by atoms with van der Waals surface area (Å²) in [6.07, 6.45) is 0. The summed E-state index contributed by atoms with van der Waals surface area (Å²) in [4.78, 5) is 13.8. The number of methoxy groups -OCH3 is 1. The van der Waals surface area contributed by atoms with E-state index >= 15 is 0 Å². The van der Waals surface area contributed by atoms with Crippen molar-refractivity contribution in [3.8, 4) is 0 Å². The first-order valence-corrected chi connectivity index (χ1v) is 6.42. The first-order valence-electron chi connectivity index (χ1n) is 6.42. The molecule has 0 radical (unpaired) electrons. The van der Waals surface area contributed by atoms with Crippen molar-refractivity contribution in [3.63, 3.8) is 0 Å². The first kappa shape index (κ1) is 15.3. The fourth-order valence-electron chi connectivity index (χ4n) is 2.13. The molecule has 19 heavy (non-hydrogen) atoms. The smallest absolute Gasteiger partial charge is 0.251 e. The zero-order valence-corrected chi connectivity index (χ0v) is 12.1. The summed E-state index contributed by atoms with van der Waals surface area (Å²) in [6.45, 7) is 5.53. The summed E-state index contributed by atoms with van der Waals surface area (Å²) < 4.78 is 5.18. The molecule has 106 valence electrons. The van der Waals surface area contributed by atoms with Crippen molar-refractivity contribution in [2.45, 2.75) is 19.9 Å². The number of hydrogen-bond acceptors (Lipinski definition) is 4. The van der Waals surface area contributed by atoms with Crippen LogP contribution in [0.4, 0.5) is 11.4 Å². The number of amides is 1. The highest BCUT2D eigenvalue weighted by atomic mass is 16.5. The van der Waals surface area contributed by atoms with Gasteiger partial charge in [0.05, 0.1) is 18.0 Å². The number of nitrogens with two attached hydrogens (primary N) is 1. The predicted octanol–water partition coefficient (Wildman–Crippen LogP) is 1.49. The molecular weight excluding hydrogens is 242 g/mol. The van der Waals surface area contributed by atoms with Crippen molar-refractivity contribution in [1.29, 1.82) is 0 Å². The lowest BCUT2D eigenvalue weighted by Gasteiger charge is -2.31. The molecule has 1 rings (SSSR count). The number of benzene rings is 1. The molecule has 1 unspecified atom stereocenters. The van der Waals surface area contributed by atoms with Gasteiger partial charge in [0.2, 0.25) is 0 Å². The lowest BCUT2D eigenvalue weighted by atomic mass is 10.1.